The van der Waals surface area contributed by atoms with Crippen molar-refractivity contribution in [3.63, 3.8) is 0 Å². The fourth-order valence-corrected chi connectivity index (χ4v) is 2.45. The summed E-state index contributed by atoms with van der Waals surface area (Å²) in [7, 11) is 0. The molecule has 0 bridgehead atoms. The van der Waals surface area contributed by atoms with Gasteiger partial charge in [0.25, 0.3) is 5.69 Å². The summed E-state index contributed by atoms with van der Waals surface area (Å²) >= 11 is 0. The van der Waals surface area contributed by atoms with Gasteiger partial charge < -0.3 is 4.42 Å². The van der Waals surface area contributed by atoms with Gasteiger partial charge in [0, 0.05) is 36.3 Å². The molecule has 0 amide bonds. The standard InChI is InChI=1S/C19H12N4O3/c24-23(25)16-4-1-13(2-5-16)12-21-15-3-6-18-17(11-15)22-19(26-18)14-7-9-20-10-8-14/h1-12H. The number of rotatable bonds is 4. The highest BCUT2D eigenvalue weighted by Gasteiger charge is 2.08. The Bertz CT molecular complexity index is 1100. The molecule has 0 atom stereocenters. The monoisotopic (exact) mass is 344 g/mol. The van der Waals surface area contributed by atoms with Crippen molar-refractivity contribution in [3.8, 4) is 11.5 Å². The Morgan fingerprint density at radius 1 is 1.04 bits per heavy atom. The average molecular weight is 344 g/mol. The molecule has 126 valence electrons. The summed E-state index contributed by atoms with van der Waals surface area (Å²) in [6.45, 7) is 0. The fourth-order valence-electron chi connectivity index (χ4n) is 2.45. The van der Waals surface area contributed by atoms with Gasteiger partial charge in [-0.1, -0.05) is 0 Å². The predicted molar refractivity (Wildman–Crippen MR) is 97.6 cm³/mol. The second-order valence-corrected chi connectivity index (χ2v) is 5.51. The highest BCUT2D eigenvalue weighted by Crippen LogP contribution is 2.26. The van der Waals surface area contributed by atoms with Gasteiger partial charge in [0.05, 0.1) is 10.6 Å². The molecule has 0 unspecified atom stereocenters. The van der Waals surface area contributed by atoms with E-state index in [9.17, 15) is 10.1 Å². The van der Waals surface area contributed by atoms with Gasteiger partial charge in [0.1, 0.15) is 5.52 Å². The number of benzene rings is 2. The molecular formula is C19H12N4O3. The zero-order valence-corrected chi connectivity index (χ0v) is 13.4. The third kappa shape index (κ3) is 3.18. The van der Waals surface area contributed by atoms with E-state index in [-0.39, 0.29) is 5.69 Å². The second-order valence-electron chi connectivity index (χ2n) is 5.51. The highest BCUT2D eigenvalue weighted by atomic mass is 16.6. The Kier molecular flexibility index (Phi) is 3.95. The molecule has 2 aromatic carbocycles. The maximum atomic E-state index is 10.7. The summed E-state index contributed by atoms with van der Waals surface area (Å²) in [6.07, 6.45) is 5.02. The van der Waals surface area contributed by atoms with E-state index >= 15 is 0 Å². The highest BCUT2D eigenvalue weighted by molar-refractivity contribution is 5.85. The molecule has 4 aromatic rings. The van der Waals surface area contributed by atoms with Crippen molar-refractivity contribution in [3.05, 3.63) is 82.7 Å². The van der Waals surface area contributed by atoms with Crippen LogP contribution in [-0.4, -0.2) is 21.1 Å². The van der Waals surface area contributed by atoms with E-state index in [4.69, 9.17) is 4.42 Å². The third-order valence-electron chi connectivity index (χ3n) is 3.77. The van der Waals surface area contributed by atoms with Crippen LogP contribution in [0.3, 0.4) is 0 Å². The van der Waals surface area contributed by atoms with Crippen LogP contribution in [-0.2, 0) is 0 Å². The normalized spacial score (nSPS) is 11.2. The molecule has 0 aliphatic carbocycles. The van der Waals surface area contributed by atoms with Crippen LogP contribution >= 0.6 is 0 Å². The first kappa shape index (κ1) is 15.6. The number of hydrogen-bond acceptors (Lipinski definition) is 6. The van der Waals surface area contributed by atoms with Crippen LogP contribution < -0.4 is 0 Å². The van der Waals surface area contributed by atoms with Crippen molar-refractivity contribution < 1.29 is 9.34 Å². The van der Waals surface area contributed by atoms with Gasteiger partial charge in [0.15, 0.2) is 5.58 Å². The Balaban J connectivity index is 1.60. The smallest absolute Gasteiger partial charge is 0.269 e. The summed E-state index contributed by atoms with van der Waals surface area (Å²) < 4.78 is 5.75. The Labute approximate surface area is 147 Å². The lowest BCUT2D eigenvalue weighted by atomic mass is 10.2. The van der Waals surface area contributed by atoms with Crippen molar-refractivity contribution in [1.82, 2.24) is 9.97 Å². The lowest BCUT2D eigenvalue weighted by Crippen LogP contribution is -1.88. The van der Waals surface area contributed by atoms with Gasteiger partial charge in [-0.2, -0.15) is 0 Å². The maximum absolute atomic E-state index is 10.7. The molecule has 0 N–H and O–H groups in total. The first-order valence-corrected chi connectivity index (χ1v) is 7.78. The van der Waals surface area contributed by atoms with Crippen molar-refractivity contribution >= 4 is 28.7 Å². The van der Waals surface area contributed by atoms with Crippen LogP contribution in [0.2, 0.25) is 0 Å². The van der Waals surface area contributed by atoms with Crippen molar-refractivity contribution in [1.29, 1.82) is 0 Å². The Morgan fingerprint density at radius 2 is 1.81 bits per heavy atom. The fraction of sp³-hybridized carbons (Fsp3) is 0. The van der Waals surface area contributed by atoms with Gasteiger partial charge in [0.2, 0.25) is 5.89 Å². The van der Waals surface area contributed by atoms with Gasteiger partial charge >= 0.3 is 0 Å². The van der Waals surface area contributed by atoms with E-state index in [1.807, 2.05) is 30.3 Å². The van der Waals surface area contributed by atoms with E-state index < -0.39 is 4.92 Å². The SMILES string of the molecule is O=[N+]([O-])c1ccc(C=Nc2ccc3oc(-c4ccncc4)nc3c2)cc1. The molecule has 4 rings (SSSR count). The van der Waals surface area contributed by atoms with Gasteiger partial charge in [-0.05, 0) is 48.0 Å². The van der Waals surface area contributed by atoms with E-state index in [1.54, 1.807) is 30.7 Å². The van der Waals surface area contributed by atoms with Crippen molar-refractivity contribution in [2.45, 2.75) is 0 Å². The molecule has 0 aliphatic rings. The van der Waals surface area contributed by atoms with Gasteiger partial charge in [-0.3, -0.25) is 20.1 Å². The Hall–Kier alpha value is -3.87. The molecule has 2 heterocycles. The maximum Gasteiger partial charge on any atom is 0.269 e. The third-order valence-corrected chi connectivity index (χ3v) is 3.77. The number of pyridine rings is 1. The first-order chi connectivity index (χ1) is 12.7. The molecule has 7 heteroatoms. The summed E-state index contributed by atoms with van der Waals surface area (Å²) in [6, 6.07) is 15.3. The van der Waals surface area contributed by atoms with Crippen LogP contribution in [0.15, 0.2) is 76.4 Å². The number of fused-ring (bicyclic) bond motifs is 1. The minimum absolute atomic E-state index is 0.0507. The molecule has 0 aliphatic heterocycles. The lowest BCUT2D eigenvalue weighted by Gasteiger charge is -1.95. The number of oxazole rings is 1. The van der Waals surface area contributed by atoms with E-state index in [0.29, 0.717) is 22.7 Å². The molecule has 0 fully saturated rings. The Morgan fingerprint density at radius 3 is 2.54 bits per heavy atom. The quantitative estimate of drug-likeness (QED) is 0.307. The first-order valence-electron chi connectivity index (χ1n) is 7.78. The lowest BCUT2D eigenvalue weighted by molar-refractivity contribution is -0.384. The van der Waals surface area contributed by atoms with E-state index in [0.717, 1.165) is 11.1 Å². The molecule has 26 heavy (non-hydrogen) atoms. The number of nitro benzene ring substituents is 1. The summed E-state index contributed by atoms with van der Waals surface area (Å²) in [5.74, 6) is 0.527. The molecule has 0 radical (unpaired) electrons. The number of nitrogens with zero attached hydrogens (tertiary/aromatic N) is 4. The second kappa shape index (κ2) is 6.56. The summed E-state index contributed by atoms with van der Waals surface area (Å²) in [5, 5.41) is 10.7. The minimum atomic E-state index is -0.431. The molecule has 0 saturated carbocycles. The molecule has 0 saturated heterocycles. The zero-order chi connectivity index (χ0) is 17.9. The van der Waals surface area contributed by atoms with Gasteiger partial charge in [-0.25, -0.2) is 4.98 Å². The number of hydrogen-bond donors (Lipinski definition) is 0. The number of aliphatic imine (C=N–C) groups is 1. The van der Waals surface area contributed by atoms with Crippen LogP contribution in [0, 0.1) is 10.1 Å². The zero-order valence-electron chi connectivity index (χ0n) is 13.4. The number of nitro groups is 1. The van der Waals surface area contributed by atoms with Crippen molar-refractivity contribution in [2.75, 3.05) is 0 Å². The van der Waals surface area contributed by atoms with Crippen LogP contribution in [0.5, 0.6) is 0 Å². The predicted octanol–water partition coefficient (Wildman–Crippen LogP) is 4.55. The summed E-state index contributed by atoms with van der Waals surface area (Å²) in [5.41, 5.74) is 3.77. The minimum Gasteiger partial charge on any atom is -0.436 e. The van der Waals surface area contributed by atoms with Crippen LogP contribution in [0.25, 0.3) is 22.6 Å². The number of non-ortho nitro benzene ring substituents is 1. The van der Waals surface area contributed by atoms with Crippen LogP contribution in [0.1, 0.15) is 5.56 Å². The molecular weight excluding hydrogens is 332 g/mol. The average Bonchev–Trinajstić information content (AvgIpc) is 3.11. The van der Waals surface area contributed by atoms with Crippen LogP contribution in [0.4, 0.5) is 11.4 Å². The molecule has 7 nitrogen and oxygen atoms in total. The molecule has 0 spiro atoms. The topological polar surface area (TPSA) is 94.4 Å². The summed E-state index contributed by atoms with van der Waals surface area (Å²) in [4.78, 5) is 23.1. The van der Waals surface area contributed by atoms with Crippen molar-refractivity contribution in [2.24, 2.45) is 4.99 Å². The number of aromatic nitrogens is 2. The largest absolute Gasteiger partial charge is 0.436 e. The van der Waals surface area contributed by atoms with E-state index in [2.05, 4.69) is 15.0 Å². The molecule has 2 aromatic heterocycles. The van der Waals surface area contributed by atoms with E-state index in [1.165, 1.54) is 12.1 Å². The van der Waals surface area contributed by atoms with Gasteiger partial charge in [-0.15, -0.1) is 0 Å².